The number of halogens is 1. The van der Waals surface area contributed by atoms with E-state index < -0.39 is 5.82 Å². The van der Waals surface area contributed by atoms with Crippen LogP contribution in [-0.2, 0) is 6.54 Å². The molecule has 2 amide bonds. The minimum absolute atomic E-state index is 0.211. The molecule has 0 saturated heterocycles. The lowest BCUT2D eigenvalue weighted by molar-refractivity contribution is 0.0950. The Morgan fingerprint density at radius 2 is 1.95 bits per heavy atom. The molecule has 0 unspecified atom stereocenters. The van der Waals surface area contributed by atoms with Crippen molar-refractivity contribution in [2.45, 2.75) is 20.4 Å². The highest BCUT2D eigenvalue weighted by molar-refractivity contribution is 7.15. The van der Waals surface area contributed by atoms with Gasteiger partial charge in [-0.2, -0.15) is 5.26 Å². The maximum Gasteiger partial charge on any atom is 0.257 e. The van der Waals surface area contributed by atoms with Crippen LogP contribution in [0.15, 0.2) is 66.9 Å². The minimum Gasteiger partial charge on any atom is -0.347 e. The molecule has 9 heteroatoms. The fraction of sp³-hybridized carbons (Fsp3) is 0.172. The molecule has 1 aromatic heterocycles. The van der Waals surface area contributed by atoms with Gasteiger partial charge < -0.3 is 15.5 Å². The van der Waals surface area contributed by atoms with Crippen molar-refractivity contribution in [3.8, 4) is 16.6 Å². The number of amides is 2. The summed E-state index contributed by atoms with van der Waals surface area (Å²) in [6.07, 6.45) is 1.59. The summed E-state index contributed by atoms with van der Waals surface area (Å²) in [5.41, 5.74) is 3.75. The molecule has 1 aliphatic rings. The van der Waals surface area contributed by atoms with Gasteiger partial charge in [0.15, 0.2) is 0 Å². The molecule has 7 nitrogen and oxygen atoms in total. The number of aromatic nitrogens is 1. The van der Waals surface area contributed by atoms with E-state index in [0.717, 1.165) is 16.3 Å². The van der Waals surface area contributed by atoms with Crippen LogP contribution in [-0.4, -0.2) is 23.3 Å². The maximum atomic E-state index is 14.4. The maximum absolute atomic E-state index is 14.4. The number of nitrogens with zero attached hydrogens (tertiary/aromatic N) is 3. The Kier molecular flexibility index (Phi) is 6.90. The van der Waals surface area contributed by atoms with E-state index in [4.69, 9.17) is 5.26 Å². The fourth-order valence-electron chi connectivity index (χ4n) is 4.34. The molecule has 0 fully saturated rings. The Hall–Kier alpha value is -4.55. The second-order valence-electron chi connectivity index (χ2n) is 9.33. The van der Waals surface area contributed by atoms with E-state index in [2.05, 4.69) is 34.4 Å². The summed E-state index contributed by atoms with van der Waals surface area (Å²) in [4.78, 5) is 33.1. The van der Waals surface area contributed by atoms with Gasteiger partial charge in [0.05, 0.1) is 40.8 Å². The molecule has 38 heavy (non-hydrogen) atoms. The first-order chi connectivity index (χ1) is 18.3. The van der Waals surface area contributed by atoms with Crippen molar-refractivity contribution < 1.29 is 14.0 Å². The van der Waals surface area contributed by atoms with Gasteiger partial charge in [-0.05, 0) is 54.4 Å². The zero-order valence-electron chi connectivity index (χ0n) is 20.8. The monoisotopic (exact) mass is 525 g/mol. The van der Waals surface area contributed by atoms with Crippen LogP contribution in [0.2, 0.25) is 0 Å². The Bertz CT molecular complexity index is 1590. The molecule has 5 rings (SSSR count). The van der Waals surface area contributed by atoms with E-state index in [-0.39, 0.29) is 23.9 Å². The first kappa shape index (κ1) is 25.1. The number of rotatable bonds is 6. The van der Waals surface area contributed by atoms with Gasteiger partial charge in [0.1, 0.15) is 10.8 Å². The summed E-state index contributed by atoms with van der Waals surface area (Å²) in [6.45, 7) is 5.15. The third-order valence-corrected chi connectivity index (χ3v) is 7.12. The predicted octanol–water partition coefficient (Wildman–Crippen LogP) is 6.11. The van der Waals surface area contributed by atoms with Crippen LogP contribution in [0.5, 0.6) is 0 Å². The Morgan fingerprint density at radius 3 is 2.71 bits per heavy atom. The summed E-state index contributed by atoms with van der Waals surface area (Å²) in [7, 11) is 0. The first-order valence-corrected chi connectivity index (χ1v) is 12.9. The lowest BCUT2D eigenvalue weighted by Crippen LogP contribution is -2.24. The van der Waals surface area contributed by atoms with E-state index in [9.17, 15) is 14.0 Å². The largest absolute Gasteiger partial charge is 0.347 e. The summed E-state index contributed by atoms with van der Waals surface area (Å²) in [6, 6.07) is 18.9. The summed E-state index contributed by atoms with van der Waals surface area (Å²) in [5, 5.41) is 15.2. The van der Waals surface area contributed by atoms with Crippen LogP contribution in [0, 0.1) is 23.1 Å². The van der Waals surface area contributed by atoms with E-state index in [1.807, 2.05) is 30.3 Å². The van der Waals surface area contributed by atoms with E-state index in [1.54, 1.807) is 30.5 Å². The number of benzene rings is 3. The van der Waals surface area contributed by atoms with Gasteiger partial charge in [0, 0.05) is 28.7 Å². The van der Waals surface area contributed by atoms with Crippen LogP contribution in [0.4, 0.5) is 21.5 Å². The van der Waals surface area contributed by atoms with Crippen molar-refractivity contribution in [2.75, 3.05) is 16.8 Å². The van der Waals surface area contributed by atoms with Crippen molar-refractivity contribution in [1.29, 1.82) is 5.26 Å². The van der Waals surface area contributed by atoms with E-state index in [0.29, 0.717) is 39.8 Å². The second-order valence-corrected chi connectivity index (χ2v) is 10.4. The lowest BCUT2D eigenvalue weighted by Gasteiger charge is -2.28. The van der Waals surface area contributed by atoms with Gasteiger partial charge in [-0.3, -0.25) is 9.59 Å². The number of hydrogen-bond donors (Lipinski definition) is 2. The van der Waals surface area contributed by atoms with Crippen molar-refractivity contribution >= 4 is 40.2 Å². The normalized spacial score (nSPS) is 12.3. The highest BCUT2D eigenvalue weighted by atomic mass is 32.1. The third kappa shape index (κ3) is 4.99. The summed E-state index contributed by atoms with van der Waals surface area (Å²) >= 11 is 1.26. The van der Waals surface area contributed by atoms with Gasteiger partial charge in [-0.25, -0.2) is 9.37 Å². The molecule has 0 saturated carbocycles. The van der Waals surface area contributed by atoms with Crippen LogP contribution in [0.1, 0.15) is 45.0 Å². The molecule has 0 radical (unpaired) electrons. The quantitative estimate of drug-likeness (QED) is 0.317. The molecule has 1 aliphatic heterocycles. The number of fused-ring (bicyclic) bond motifs is 2. The highest BCUT2D eigenvalue weighted by Gasteiger charge is 2.26. The molecule has 0 aliphatic carbocycles. The number of para-hydroxylation sites is 1. The molecular formula is C29H24FN5O2S. The Balaban J connectivity index is 1.34. The van der Waals surface area contributed by atoms with Crippen molar-refractivity contribution in [3.63, 3.8) is 0 Å². The van der Waals surface area contributed by atoms with Gasteiger partial charge in [-0.1, -0.05) is 26.0 Å². The zero-order chi connectivity index (χ0) is 26.8. The first-order valence-electron chi connectivity index (χ1n) is 12.1. The average Bonchev–Trinajstić information content (AvgIpc) is 3.35. The Labute approximate surface area is 223 Å². The topological polar surface area (TPSA) is 98.1 Å². The van der Waals surface area contributed by atoms with Crippen LogP contribution in [0.25, 0.3) is 10.6 Å². The molecule has 0 atom stereocenters. The van der Waals surface area contributed by atoms with E-state index in [1.165, 1.54) is 23.5 Å². The Morgan fingerprint density at radius 1 is 1.13 bits per heavy atom. The smallest absolute Gasteiger partial charge is 0.257 e. The number of anilines is 3. The van der Waals surface area contributed by atoms with Gasteiger partial charge in [0.25, 0.3) is 11.8 Å². The highest BCUT2D eigenvalue weighted by Crippen LogP contribution is 2.39. The molecule has 190 valence electrons. The molecule has 2 N–H and O–H groups in total. The van der Waals surface area contributed by atoms with Gasteiger partial charge in [-0.15, -0.1) is 11.3 Å². The molecular weight excluding hydrogens is 501 g/mol. The van der Waals surface area contributed by atoms with E-state index >= 15 is 0 Å². The number of carbonyl (C=O) groups excluding carboxylic acids is 2. The molecule has 3 aromatic carbocycles. The molecule has 0 spiro atoms. The van der Waals surface area contributed by atoms with Crippen molar-refractivity contribution in [1.82, 2.24) is 10.3 Å². The number of nitrogens with one attached hydrogen (secondary N) is 2. The fourth-order valence-corrected chi connectivity index (χ4v) is 5.22. The van der Waals surface area contributed by atoms with Crippen LogP contribution >= 0.6 is 11.3 Å². The SMILES string of the molecule is CC(C)CN1c2ccc(C(=O)NCc3cnc(-c4ccc(C#N)cc4F)s3)cc2NC(=O)c2ccccc21. The zero-order valence-corrected chi connectivity index (χ0v) is 21.6. The minimum atomic E-state index is -0.519. The summed E-state index contributed by atoms with van der Waals surface area (Å²) in [5.74, 6) is -0.708. The van der Waals surface area contributed by atoms with Gasteiger partial charge in [0.2, 0.25) is 0 Å². The average molecular weight is 526 g/mol. The van der Waals surface area contributed by atoms with Gasteiger partial charge >= 0.3 is 0 Å². The van der Waals surface area contributed by atoms with Crippen molar-refractivity contribution in [2.24, 2.45) is 5.92 Å². The molecule has 4 aromatic rings. The number of thiazole rings is 1. The van der Waals surface area contributed by atoms with Crippen molar-refractivity contribution in [3.05, 3.63) is 94.2 Å². The van der Waals surface area contributed by atoms with Crippen LogP contribution < -0.4 is 15.5 Å². The van der Waals surface area contributed by atoms with Crippen LogP contribution in [0.3, 0.4) is 0 Å². The summed E-state index contributed by atoms with van der Waals surface area (Å²) < 4.78 is 14.4. The molecule has 2 heterocycles. The lowest BCUT2D eigenvalue weighted by atomic mass is 10.1. The molecule has 0 bridgehead atoms. The second kappa shape index (κ2) is 10.4. The third-order valence-electron chi connectivity index (χ3n) is 6.09. The standard InChI is InChI=1S/C29H24FN5O2S/c1-17(2)16-35-25-6-4-3-5-22(25)28(37)34-24-12-19(8-10-26(24)35)27(36)32-14-20-15-33-29(38-20)21-9-7-18(13-31)11-23(21)30/h3-12,15,17H,14,16H2,1-2H3,(H,32,36)(H,34,37). The number of hydrogen-bond acceptors (Lipinski definition) is 6. The number of carbonyl (C=O) groups is 2. The predicted molar refractivity (Wildman–Crippen MR) is 146 cm³/mol. The number of nitriles is 1.